The van der Waals surface area contributed by atoms with E-state index in [4.69, 9.17) is 17.0 Å². The normalized spacial score (nSPS) is 28.4. The van der Waals surface area contributed by atoms with Crippen LogP contribution in [0.2, 0.25) is 12.6 Å². The van der Waals surface area contributed by atoms with E-state index in [1.807, 2.05) is 0 Å². The van der Waals surface area contributed by atoms with Crippen molar-refractivity contribution in [2.75, 3.05) is 0 Å². The summed E-state index contributed by atoms with van der Waals surface area (Å²) < 4.78 is 0. The molecule has 0 nitrogen and oxygen atoms in total. The first-order valence-electron chi connectivity index (χ1n) is 24.3. The van der Waals surface area contributed by atoms with Gasteiger partial charge >= 0.3 is 37.9 Å². The number of rotatable bonds is 8. The van der Waals surface area contributed by atoms with Gasteiger partial charge in [-0.15, -0.1) is 69.1 Å². The van der Waals surface area contributed by atoms with Crippen LogP contribution in [0.4, 0.5) is 0 Å². The summed E-state index contributed by atoms with van der Waals surface area (Å²) in [5.74, 6) is 6.27. The Bertz CT molecular complexity index is 2160. The molecule has 8 fully saturated rings. The second-order valence-corrected chi connectivity index (χ2v) is 26.4. The first-order chi connectivity index (χ1) is 30.1. The third-order valence-electron chi connectivity index (χ3n) is 16.3. The van der Waals surface area contributed by atoms with Crippen LogP contribution < -0.4 is 0 Å². The van der Waals surface area contributed by atoms with Crippen molar-refractivity contribution in [3.63, 3.8) is 0 Å². The van der Waals surface area contributed by atoms with Crippen LogP contribution in [0.3, 0.4) is 0 Å². The molecule has 8 bridgehead atoms. The Morgan fingerprint density at radius 3 is 1.18 bits per heavy atom. The molecule has 0 N–H and O–H groups in total. The molecule has 8 saturated carbocycles. The summed E-state index contributed by atoms with van der Waals surface area (Å²) in [4.78, 5) is 0. The van der Waals surface area contributed by atoms with Crippen LogP contribution in [-0.4, -0.2) is 9.52 Å². The van der Waals surface area contributed by atoms with E-state index in [0.717, 1.165) is 45.0 Å². The average Bonchev–Trinajstić information content (AvgIpc) is 3.84. The van der Waals surface area contributed by atoms with Crippen molar-refractivity contribution in [3.8, 4) is 22.3 Å². The summed E-state index contributed by atoms with van der Waals surface area (Å²) in [6.07, 6.45) is 22.3. The molecule has 8 aliphatic rings. The Morgan fingerprint density at radius 2 is 0.887 bits per heavy atom. The van der Waals surface area contributed by atoms with Gasteiger partial charge in [-0.25, -0.2) is 0 Å². The molecular weight excluding hydrogens is 887 g/mol. The van der Waals surface area contributed by atoms with Gasteiger partial charge in [-0.05, 0) is 161 Å². The Morgan fingerprint density at radius 1 is 0.548 bits per heavy atom. The molecule has 2 radical (unpaired) electrons. The molecule has 0 amide bonds. The Labute approximate surface area is 395 Å². The molecule has 0 spiro atoms. The minimum absolute atomic E-state index is 0.628. The van der Waals surface area contributed by atoms with Gasteiger partial charge in [0.05, 0.1) is 0 Å². The molecule has 0 saturated heterocycles. The predicted molar refractivity (Wildman–Crippen MR) is 266 cm³/mol. The summed E-state index contributed by atoms with van der Waals surface area (Å²) in [5.41, 5.74) is 12.6. The Balaban J connectivity index is 0.000000135. The zero-order chi connectivity index (χ0) is 42.8. The van der Waals surface area contributed by atoms with Gasteiger partial charge in [0.2, 0.25) is 0 Å². The Kier molecular flexibility index (Phi) is 14.3. The van der Waals surface area contributed by atoms with Crippen LogP contribution in [0.5, 0.6) is 0 Å². The van der Waals surface area contributed by atoms with Crippen LogP contribution in [0.15, 0.2) is 109 Å². The molecule has 14 rings (SSSR count). The van der Waals surface area contributed by atoms with Crippen LogP contribution in [0, 0.1) is 60.2 Å². The number of benzene rings is 4. The van der Waals surface area contributed by atoms with Crippen molar-refractivity contribution in [1.29, 1.82) is 0 Å². The first-order valence-corrected chi connectivity index (χ1v) is 32.3. The van der Waals surface area contributed by atoms with Crippen molar-refractivity contribution in [3.05, 3.63) is 131 Å². The molecule has 0 aromatic heterocycles. The van der Waals surface area contributed by atoms with Gasteiger partial charge in [0.1, 0.15) is 0 Å². The van der Waals surface area contributed by atoms with Crippen molar-refractivity contribution < 1.29 is 20.8 Å². The SMILES string of the molecule is CCC[Si]C.Cc1ccc(-c2cccc3[cH-]c(CC45CC6CC(CC(C6)C4)C5)cc23)cc1.Cc1ccc(-c2cccc3[cH-]c(CC45CC6CC(CC(C6)C4)C5)cc23)cc1.[Cl][Zr+2][Cl]. The van der Waals surface area contributed by atoms with Gasteiger partial charge in [-0.3, -0.25) is 0 Å². The summed E-state index contributed by atoms with van der Waals surface area (Å²) >= 11 is -0.826. The third kappa shape index (κ3) is 10.1. The van der Waals surface area contributed by atoms with Gasteiger partial charge in [0, 0.05) is 9.52 Å². The average molecular weight is 955 g/mol. The van der Waals surface area contributed by atoms with Gasteiger partial charge in [-0.2, -0.15) is 12.1 Å². The zero-order valence-electron chi connectivity index (χ0n) is 37.9. The second-order valence-electron chi connectivity index (χ2n) is 21.4. The molecule has 4 heteroatoms. The van der Waals surface area contributed by atoms with Gasteiger partial charge < -0.3 is 0 Å². The maximum atomic E-state index is 4.93. The molecule has 0 unspecified atom stereocenters. The predicted octanol–water partition coefficient (Wildman–Crippen LogP) is 17.5. The summed E-state index contributed by atoms with van der Waals surface area (Å²) in [6.45, 7) is 8.78. The number of fused-ring (bicyclic) bond motifs is 2. The Hall–Kier alpha value is -2.22. The van der Waals surface area contributed by atoms with E-state index in [9.17, 15) is 0 Å². The van der Waals surface area contributed by atoms with E-state index < -0.39 is 20.8 Å². The quantitative estimate of drug-likeness (QED) is 0.105. The van der Waals surface area contributed by atoms with Crippen molar-refractivity contribution in [1.82, 2.24) is 0 Å². The summed E-state index contributed by atoms with van der Waals surface area (Å²) in [5, 5.41) is 5.74. The third-order valence-corrected chi connectivity index (χ3v) is 17.3. The summed E-state index contributed by atoms with van der Waals surface area (Å²) in [7, 11) is 11.0. The van der Waals surface area contributed by atoms with Crippen molar-refractivity contribution in [2.24, 2.45) is 46.3 Å². The molecule has 0 heterocycles. The molecule has 62 heavy (non-hydrogen) atoms. The number of halogens is 2. The van der Waals surface area contributed by atoms with Gasteiger partial charge in [0.15, 0.2) is 0 Å². The minimum atomic E-state index is -0.826. The fraction of sp³-hybridized carbons (Fsp3) is 0.483. The van der Waals surface area contributed by atoms with Crippen LogP contribution in [-0.2, 0) is 33.7 Å². The monoisotopic (exact) mass is 952 g/mol. The molecule has 0 atom stereocenters. The maximum absolute atomic E-state index is 4.93. The summed E-state index contributed by atoms with van der Waals surface area (Å²) in [6, 6.07) is 43.1. The van der Waals surface area contributed by atoms with Gasteiger partial charge in [0.25, 0.3) is 0 Å². The van der Waals surface area contributed by atoms with Crippen molar-refractivity contribution >= 4 is 48.1 Å². The van der Waals surface area contributed by atoms with E-state index in [1.165, 1.54) is 119 Å². The number of hydrogen-bond acceptors (Lipinski definition) is 0. The van der Waals surface area contributed by atoms with E-state index >= 15 is 0 Å². The van der Waals surface area contributed by atoms with Crippen LogP contribution >= 0.6 is 17.0 Å². The number of aryl methyl sites for hydroxylation is 2. The molecule has 0 aliphatic heterocycles. The standard InChI is InChI=1S/2C27H29.C4H10Si.2ClH.Zr/c2*1-18-5-7-23(8-6-18)25-4-2-3-24-12-22(13-26(24)25)17-27-14-19-9-20(15-27)11-21(10-19)16-27;1-3-4-5-2;;;/h2*2-8,12-13,19-21H,9-11,14-17H2,1H3;3-4H2,1-2H3;2*1H;/q2*-1;;;;+4/p-2. The van der Waals surface area contributed by atoms with Gasteiger partial charge in [-0.1, -0.05) is 109 Å². The number of hydrogen-bond donors (Lipinski definition) is 0. The van der Waals surface area contributed by atoms with Crippen LogP contribution in [0.1, 0.15) is 113 Å². The fourth-order valence-electron chi connectivity index (χ4n) is 14.9. The van der Waals surface area contributed by atoms with E-state index in [1.54, 1.807) is 49.7 Å². The molecule has 6 aromatic carbocycles. The topological polar surface area (TPSA) is 0 Å². The van der Waals surface area contributed by atoms with E-state index in [2.05, 4.69) is 137 Å². The fourth-order valence-corrected chi connectivity index (χ4v) is 15.4. The molecule has 8 aliphatic carbocycles. The molecule has 322 valence electrons. The zero-order valence-corrected chi connectivity index (χ0v) is 42.9. The second kappa shape index (κ2) is 19.7. The molecule has 6 aromatic rings. The van der Waals surface area contributed by atoms with Crippen LogP contribution in [0.25, 0.3) is 43.8 Å². The van der Waals surface area contributed by atoms with Crippen molar-refractivity contribution in [2.45, 2.75) is 130 Å². The van der Waals surface area contributed by atoms with E-state index in [-0.39, 0.29) is 0 Å². The first kappa shape index (κ1) is 45.0. The molecular formula is C58H68Cl2SiZr. The van der Waals surface area contributed by atoms with E-state index in [0.29, 0.717) is 10.8 Å².